The van der Waals surface area contributed by atoms with Crippen LogP contribution in [-0.4, -0.2) is 66.6 Å². The molecule has 3 heterocycles. The minimum atomic E-state index is -5.54. The fourth-order valence-electron chi connectivity index (χ4n) is 5.21. The monoisotopic (exact) mass is 485 g/mol. The van der Waals surface area contributed by atoms with Gasteiger partial charge >= 0.3 is 18.3 Å². The summed E-state index contributed by atoms with van der Waals surface area (Å²) in [5.74, 6) is -7.02. The van der Waals surface area contributed by atoms with E-state index in [9.17, 15) is 36.2 Å². The molecule has 0 aliphatic carbocycles. The zero-order chi connectivity index (χ0) is 23.4. The van der Waals surface area contributed by atoms with Gasteiger partial charge in [0, 0.05) is 55.4 Å². The van der Waals surface area contributed by atoms with E-state index in [1.807, 2.05) is 0 Å². The molecular weight excluding hydrogens is 464 g/mol. The third-order valence-electron chi connectivity index (χ3n) is 6.72. The fraction of sp³-hybridized carbons (Fsp3) is 0.650. The number of rotatable bonds is 5. The van der Waals surface area contributed by atoms with Crippen LogP contribution in [0.3, 0.4) is 0 Å². The molecule has 4 atom stereocenters. The second-order valence-electron chi connectivity index (χ2n) is 8.70. The Hall–Kier alpha value is -1.72. The van der Waals surface area contributed by atoms with Gasteiger partial charge in [-0.1, -0.05) is 17.7 Å². The van der Waals surface area contributed by atoms with Gasteiger partial charge in [-0.05, 0) is 30.0 Å². The van der Waals surface area contributed by atoms with E-state index in [0.717, 1.165) is 30.8 Å². The Bertz CT molecular complexity index is 862. The van der Waals surface area contributed by atoms with E-state index in [0.29, 0.717) is 5.02 Å². The highest BCUT2D eigenvalue weighted by atomic mass is 35.5. The average Bonchev–Trinajstić information content (AvgIpc) is 3.13. The third kappa shape index (κ3) is 4.38. The molecule has 0 saturated carbocycles. The Morgan fingerprint density at radius 1 is 1.12 bits per heavy atom. The van der Waals surface area contributed by atoms with Crippen LogP contribution in [0.4, 0.5) is 32.0 Å². The first-order valence-corrected chi connectivity index (χ1v) is 10.6. The zero-order valence-electron chi connectivity index (χ0n) is 16.8. The van der Waals surface area contributed by atoms with Gasteiger partial charge in [0.1, 0.15) is 6.04 Å². The predicted molar refractivity (Wildman–Crippen MR) is 104 cm³/mol. The lowest BCUT2D eigenvalue weighted by Crippen LogP contribution is -2.53. The number of fused-ring (bicyclic) bond motifs is 1. The van der Waals surface area contributed by atoms with Crippen LogP contribution < -0.4 is 10.2 Å². The van der Waals surface area contributed by atoms with E-state index >= 15 is 0 Å². The van der Waals surface area contributed by atoms with E-state index in [-0.39, 0.29) is 19.6 Å². The number of aliphatic carboxylic acids is 1. The van der Waals surface area contributed by atoms with Crippen LogP contribution >= 0.6 is 11.6 Å². The summed E-state index contributed by atoms with van der Waals surface area (Å²) < 4.78 is 80.3. The molecule has 3 fully saturated rings. The van der Waals surface area contributed by atoms with Crippen molar-refractivity contribution in [2.45, 2.75) is 37.4 Å². The van der Waals surface area contributed by atoms with Gasteiger partial charge in [0.25, 0.3) is 0 Å². The second-order valence-corrected chi connectivity index (χ2v) is 9.14. The smallest absolute Gasteiger partial charge is 0.402 e. The minimum absolute atomic E-state index is 0.0587. The van der Waals surface area contributed by atoms with E-state index in [2.05, 4.69) is 10.2 Å². The highest BCUT2D eigenvalue weighted by molar-refractivity contribution is 6.30. The molecule has 1 aromatic carbocycles. The summed E-state index contributed by atoms with van der Waals surface area (Å²) in [6.45, 7) is 2.00. The number of nitrogens with zero attached hydrogens (tertiary/aromatic N) is 2. The van der Waals surface area contributed by atoms with Crippen molar-refractivity contribution >= 4 is 23.3 Å². The Balaban J connectivity index is 1.59. The number of carboxylic acid groups (broad SMARTS) is 1. The van der Waals surface area contributed by atoms with Crippen LogP contribution in [0.25, 0.3) is 0 Å². The highest BCUT2D eigenvalue weighted by Gasteiger charge is 2.66. The lowest BCUT2D eigenvalue weighted by molar-refractivity contribution is -0.293. The summed E-state index contributed by atoms with van der Waals surface area (Å²) >= 11 is 6.10. The van der Waals surface area contributed by atoms with E-state index in [1.54, 1.807) is 23.1 Å². The maximum atomic E-state index is 13.4. The number of anilines is 1. The van der Waals surface area contributed by atoms with Gasteiger partial charge < -0.3 is 15.3 Å². The molecule has 3 saturated heterocycles. The standard InChI is InChI=1S/C20H22ClF6N3O2/c21-11-3-2-10(14(6-11)30-4-1-5-30)7-29-8-12-13(9-29)16(18(31)32)28-15(12)17(19(22,23)24)20(25,26)27/h2-3,6,12-13,15-17,28H,1,4-5,7-9H2,(H,31,32). The number of likely N-dealkylation sites (tertiary alicyclic amines) is 1. The molecule has 32 heavy (non-hydrogen) atoms. The van der Waals surface area contributed by atoms with E-state index < -0.39 is 48.2 Å². The molecule has 3 aliphatic heterocycles. The van der Waals surface area contributed by atoms with Crippen LogP contribution in [0.1, 0.15) is 12.0 Å². The predicted octanol–water partition coefficient (Wildman–Crippen LogP) is 3.76. The Morgan fingerprint density at radius 3 is 2.28 bits per heavy atom. The van der Waals surface area contributed by atoms with Crippen molar-refractivity contribution in [2.75, 3.05) is 31.1 Å². The molecule has 0 aromatic heterocycles. The van der Waals surface area contributed by atoms with E-state index in [4.69, 9.17) is 11.6 Å². The molecule has 4 rings (SSSR count). The molecular formula is C20H22ClF6N3O2. The molecule has 0 radical (unpaired) electrons. The molecule has 1 aromatic rings. The topological polar surface area (TPSA) is 55.8 Å². The van der Waals surface area contributed by atoms with Gasteiger partial charge in [-0.3, -0.25) is 9.69 Å². The Kier molecular flexibility index (Phi) is 6.04. The number of halogens is 7. The van der Waals surface area contributed by atoms with Gasteiger partial charge in [-0.15, -0.1) is 0 Å². The van der Waals surface area contributed by atoms with Crippen molar-refractivity contribution in [3.63, 3.8) is 0 Å². The molecule has 0 spiro atoms. The molecule has 0 bridgehead atoms. The molecule has 4 unspecified atom stereocenters. The van der Waals surface area contributed by atoms with Crippen molar-refractivity contribution in [1.29, 1.82) is 0 Å². The van der Waals surface area contributed by atoms with Crippen molar-refractivity contribution in [3.05, 3.63) is 28.8 Å². The Morgan fingerprint density at radius 2 is 1.75 bits per heavy atom. The van der Waals surface area contributed by atoms with Crippen LogP contribution in [0.2, 0.25) is 5.02 Å². The average molecular weight is 486 g/mol. The summed E-state index contributed by atoms with van der Waals surface area (Å²) in [7, 11) is 0. The maximum Gasteiger partial charge on any atom is 0.402 e. The van der Waals surface area contributed by atoms with Crippen LogP contribution in [0, 0.1) is 17.8 Å². The lowest BCUT2D eigenvalue weighted by Gasteiger charge is -2.36. The first kappa shape index (κ1) is 23.4. The summed E-state index contributed by atoms with van der Waals surface area (Å²) in [5, 5.41) is 12.1. The fourth-order valence-corrected chi connectivity index (χ4v) is 5.38. The summed E-state index contributed by atoms with van der Waals surface area (Å²) in [6, 6.07) is 1.75. The SMILES string of the molecule is O=C(O)C1NC(C(C(F)(F)F)C(F)(F)F)C2CN(Cc3ccc(Cl)cc3N3CCC3)CC12. The van der Waals surface area contributed by atoms with Crippen molar-refractivity contribution in [3.8, 4) is 0 Å². The highest BCUT2D eigenvalue weighted by Crippen LogP contribution is 2.48. The lowest BCUT2D eigenvalue weighted by atomic mass is 9.84. The quantitative estimate of drug-likeness (QED) is 0.622. The molecule has 178 valence electrons. The second kappa shape index (κ2) is 8.25. The summed E-state index contributed by atoms with van der Waals surface area (Å²) in [6.07, 6.45) is -10.1. The van der Waals surface area contributed by atoms with Gasteiger partial charge in [0.05, 0.1) is 0 Å². The first-order valence-electron chi connectivity index (χ1n) is 10.2. The minimum Gasteiger partial charge on any atom is -0.480 e. The molecule has 3 aliphatic rings. The van der Waals surface area contributed by atoms with Gasteiger partial charge in [0.2, 0.25) is 0 Å². The number of alkyl halides is 6. The third-order valence-corrected chi connectivity index (χ3v) is 6.95. The van der Waals surface area contributed by atoms with Crippen LogP contribution in [0.15, 0.2) is 18.2 Å². The van der Waals surface area contributed by atoms with Crippen LogP contribution in [0.5, 0.6) is 0 Å². The number of carbonyl (C=O) groups is 1. The summed E-state index contributed by atoms with van der Waals surface area (Å²) in [4.78, 5) is 15.5. The van der Waals surface area contributed by atoms with Crippen molar-refractivity contribution in [1.82, 2.24) is 10.2 Å². The summed E-state index contributed by atoms with van der Waals surface area (Å²) in [5.41, 5.74) is 1.74. The molecule has 2 N–H and O–H groups in total. The number of hydrogen-bond donors (Lipinski definition) is 2. The van der Waals surface area contributed by atoms with Gasteiger partial charge in [-0.25, -0.2) is 0 Å². The van der Waals surface area contributed by atoms with Gasteiger partial charge in [0.15, 0.2) is 5.92 Å². The van der Waals surface area contributed by atoms with Crippen molar-refractivity contribution < 1.29 is 36.2 Å². The number of carboxylic acids is 1. The number of hydrogen-bond acceptors (Lipinski definition) is 4. The molecule has 5 nitrogen and oxygen atoms in total. The maximum absolute atomic E-state index is 13.4. The molecule has 0 amide bonds. The van der Waals surface area contributed by atoms with Gasteiger partial charge in [-0.2, -0.15) is 26.3 Å². The van der Waals surface area contributed by atoms with Crippen LogP contribution in [-0.2, 0) is 11.3 Å². The van der Waals surface area contributed by atoms with Crippen molar-refractivity contribution in [2.24, 2.45) is 17.8 Å². The Labute approximate surface area is 185 Å². The largest absolute Gasteiger partial charge is 0.480 e. The molecule has 12 heteroatoms. The first-order chi connectivity index (χ1) is 14.9. The number of nitrogens with one attached hydrogen (secondary N) is 1. The number of benzene rings is 1. The van der Waals surface area contributed by atoms with E-state index in [1.165, 1.54) is 0 Å². The zero-order valence-corrected chi connectivity index (χ0v) is 17.5. The normalized spacial score (nSPS) is 28.8.